The monoisotopic (exact) mass is 277 g/mol. The van der Waals surface area contributed by atoms with E-state index in [1.807, 2.05) is 20.0 Å². The van der Waals surface area contributed by atoms with Gasteiger partial charge < -0.3 is 10.1 Å². The van der Waals surface area contributed by atoms with Crippen molar-refractivity contribution in [1.29, 1.82) is 0 Å². The molecule has 0 unspecified atom stereocenters. The zero-order valence-corrected chi connectivity index (χ0v) is 13.4. The molecule has 4 nitrogen and oxygen atoms in total. The number of nitrogens with one attached hydrogen (secondary N) is 1. The molecule has 0 amide bonds. The van der Waals surface area contributed by atoms with Crippen LogP contribution in [0.1, 0.15) is 64.9 Å². The Morgan fingerprint density at radius 1 is 1.25 bits per heavy atom. The van der Waals surface area contributed by atoms with Crippen molar-refractivity contribution in [2.24, 2.45) is 0 Å². The Kier molecular flexibility index (Phi) is 4.33. The summed E-state index contributed by atoms with van der Waals surface area (Å²) in [4.78, 5) is 9.54. The number of anilines is 1. The Morgan fingerprint density at radius 3 is 2.40 bits per heavy atom. The molecule has 112 valence electrons. The van der Waals surface area contributed by atoms with Gasteiger partial charge in [-0.25, -0.2) is 9.97 Å². The quantitative estimate of drug-likeness (QED) is 0.913. The Bertz CT molecular complexity index is 459. The van der Waals surface area contributed by atoms with E-state index in [1.54, 1.807) is 0 Å². The predicted octanol–water partition coefficient (Wildman–Crippen LogP) is 3.62. The molecule has 1 saturated carbocycles. The molecule has 0 bridgehead atoms. The molecule has 4 heteroatoms. The third kappa shape index (κ3) is 2.95. The number of hydrogen-bond acceptors (Lipinski definition) is 4. The summed E-state index contributed by atoms with van der Waals surface area (Å²) in [5.74, 6) is 1.74. The van der Waals surface area contributed by atoms with Gasteiger partial charge in [0.1, 0.15) is 11.4 Å². The molecule has 0 saturated heterocycles. The molecule has 0 spiro atoms. The largest absolute Gasteiger partial charge is 0.373 e. The first-order valence-electron chi connectivity index (χ1n) is 7.63. The molecule has 1 aliphatic carbocycles. The summed E-state index contributed by atoms with van der Waals surface area (Å²) in [5.41, 5.74) is 0.800. The van der Waals surface area contributed by atoms with E-state index in [2.05, 4.69) is 26.1 Å². The van der Waals surface area contributed by atoms with E-state index in [-0.39, 0.29) is 11.0 Å². The molecule has 0 aliphatic heterocycles. The fourth-order valence-electron chi connectivity index (χ4n) is 2.82. The molecule has 0 atom stereocenters. The predicted molar refractivity (Wildman–Crippen MR) is 82.1 cm³/mol. The normalized spacial score (nSPS) is 18.2. The molecule has 1 aromatic heterocycles. The van der Waals surface area contributed by atoms with Crippen LogP contribution >= 0.6 is 0 Å². The van der Waals surface area contributed by atoms with Crippen LogP contribution in [0.15, 0.2) is 6.07 Å². The molecule has 1 aliphatic rings. The first-order valence-corrected chi connectivity index (χ1v) is 7.63. The smallest absolute Gasteiger partial charge is 0.162 e. The summed E-state index contributed by atoms with van der Waals surface area (Å²) >= 11 is 0. The van der Waals surface area contributed by atoms with E-state index in [4.69, 9.17) is 14.7 Å². The van der Waals surface area contributed by atoms with Crippen molar-refractivity contribution >= 4 is 5.82 Å². The number of nitrogens with zero attached hydrogens (tertiary/aromatic N) is 2. The van der Waals surface area contributed by atoms with Gasteiger partial charge in [-0.05, 0) is 32.6 Å². The summed E-state index contributed by atoms with van der Waals surface area (Å²) in [7, 11) is 1.90. The van der Waals surface area contributed by atoms with Crippen LogP contribution in [0.3, 0.4) is 0 Å². The molecule has 0 radical (unpaired) electrons. The second-order valence-corrected chi connectivity index (χ2v) is 6.60. The van der Waals surface area contributed by atoms with Gasteiger partial charge in [-0.15, -0.1) is 0 Å². The summed E-state index contributed by atoms with van der Waals surface area (Å²) in [6.45, 7) is 9.30. The number of ether oxygens (including phenoxy) is 1. The second-order valence-electron chi connectivity index (χ2n) is 6.60. The fraction of sp³-hybridized carbons (Fsp3) is 0.750. The summed E-state index contributed by atoms with van der Waals surface area (Å²) in [6.07, 6.45) is 4.44. The maximum Gasteiger partial charge on any atom is 0.162 e. The lowest BCUT2D eigenvalue weighted by Gasteiger charge is -2.29. The molecule has 20 heavy (non-hydrogen) atoms. The zero-order chi connectivity index (χ0) is 14.8. The maximum absolute atomic E-state index is 6.09. The van der Waals surface area contributed by atoms with Crippen LogP contribution in [0.2, 0.25) is 0 Å². The van der Waals surface area contributed by atoms with Crippen molar-refractivity contribution in [2.45, 2.75) is 64.4 Å². The molecule has 0 aromatic carbocycles. The summed E-state index contributed by atoms with van der Waals surface area (Å²) in [5, 5.41) is 3.16. The van der Waals surface area contributed by atoms with Gasteiger partial charge in [0.2, 0.25) is 0 Å². The van der Waals surface area contributed by atoms with E-state index < -0.39 is 0 Å². The van der Waals surface area contributed by atoms with Gasteiger partial charge in [-0.3, -0.25) is 0 Å². The van der Waals surface area contributed by atoms with Gasteiger partial charge in [-0.2, -0.15) is 0 Å². The van der Waals surface area contributed by atoms with Crippen molar-refractivity contribution in [3.8, 4) is 0 Å². The highest BCUT2D eigenvalue weighted by Gasteiger charge is 2.40. The average molecular weight is 277 g/mol. The van der Waals surface area contributed by atoms with E-state index in [0.717, 1.165) is 30.2 Å². The Hall–Kier alpha value is -1.16. The van der Waals surface area contributed by atoms with Crippen molar-refractivity contribution in [1.82, 2.24) is 9.97 Å². The Labute approximate surface area is 122 Å². The SMILES string of the molecule is CCOC1(c2nc(NC)cc(C(C)(C)C)n2)CCCC1. The summed E-state index contributed by atoms with van der Waals surface area (Å²) in [6, 6.07) is 2.04. The molecule has 2 rings (SSSR count). The van der Waals surface area contributed by atoms with Crippen LogP contribution < -0.4 is 5.32 Å². The first-order chi connectivity index (χ1) is 9.41. The third-order valence-electron chi connectivity index (χ3n) is 3.99. The van der Waals surface area contributed by atoms with Gasteiger partial charge in [0.25, 0.3) is 0 Å². The lowest BCUT2D eigenvalue weighted by Crippen LogP contribution is -2.30. The molecule has 1 heterocycles. The first kappa shape index (κ1) is 15.2. The highest BCUT2D eigenvalue weighted by molar-refractivity contribution is 5.38. The maximum atomic E-state index is 6.09. The van der Waals surface area contributed by atoms with E-state index in [1.165, 1.54) is 12.8 Å². The molecular formula is C16H27N3O. The second kappa shape index (κ2) is 5.68. The van der Waals surface area contributed by atoms with E-state index in [9.17, 15) is 0 Å². The van der Waals surface area contributed by atoms with Crippen LogP contribution in [-0.2, 0) is 15.8 Å². The van der Waals surface area contributed by atoms with Crippen LogP contribution in [-0.4, -0.2) is 23.6 Å². The Balaban J connectivity index is 2.49. The summed E-state index contributed by atoms with van der Waals surface area (Å²) < 4.78 is 6.09. The molecule has 1 N–H and O–H groups in total. The lowest BCUT2D eigenvalue weighted by atomic mass is 9.91. The van der Waals surface area contributed by atoms with Gasteiger partial charge in [0.05, 0.1) is 5.69 Å². The highest BCUT2D eigenvalue weighted by Crippen LogP contribution is 2.41. The molecular weight excluding hydrogens is 250 g/mol. The van der Waals surface area contributed by atoms with Crippen LogP contribution in [0, 0.1) is 0 Å². The number of hydrogen-bond donors (Lipinski definition) is 1. The highest BCUT2D eigenvalue weighted by atomic mass is 16.5. The zero-order valence-electron chi connectivity index (χ0n) is 13.4. The van der Waals surface area contributed by atoms with Crippen molar-refractivity contribution in [3.05, 3.63) is 17.6 Å². The van der Waals surface area contributed by atoms with E-state index >= 15 is 0 Å². The molecule has 1 aromatic rings. The lowest BCUT2D eigenvalue weighted by molar-refractivity contribution is -0.0458. The van der Waals surface area contributed by atoms with Gasteiger partial charge in [-0.1, -0.05) is 20.8 Å². The third-order valence-corrected chi connectivity index (χ3v) is 3.99. The minimum atomic E-state index is -0.276. The molecule has 1 fully saturated rings. The van der Waals surface area contributed by atoms with Crippen molar-refractivity contribution < 1.29 is 4.74 Å². The standard InChI is InChI=1S/C16H27N3O/c1-6-20-16(9-7-8-10-16)14-18-12(15(2,3)4)11-13(17-5)19-14/h11H,6-10H2,1-5H3,(H,17,18,19). The fourth-order valence-corrected chi connectivity index (χ4v) is 2.82. The van der Waals surface area contributed by atoms with Gasteiger partial charge >= 0.3 is 0 Å². The van der Waals surface area contributed by atoms with Crippen molar-refractivity contribution in [2.75, 3.05) is 19.0 Å². The van der Waals surface area contributed by atoms with Crippen LogP contribution in [0.25, 0.3) is 0 Å². The van der Waals surface area contributed by atoms with Crippen LogP contribution in [0.5, 0.6) is 0 Å². The Morgan fingerprint density at radius 2 is 1.90 bits per heavy atom. The van der Waals surface area contributed by atoms with Crippen molar-refractivity contribution in [3.63, 3.8) is 0 Å². The minimum absolute atomic E-state index is 0.00923. The van der Waals surface area contributed by atoms with Gasteiger partial charge in [0.15, 0.2) is 5.82 Å². The van der Waals surface area contributed by atoms with E-state index in [0.29, 0.717) is 6.61 Å². The van der Waals surface area contributed by atoms with Gasteiger partial charge in [0, 0.05) is 25.1 Å². The average Bonchev–Trinajstić information content (AvgIpc) is 2.87. The minimum Gasteiger partial charge on any atom is -0.373 e. The van der Waals surface area contributed by atoms with Crippen LogP contribution in [0.4, 0.5) is 5.82 Å². The number of aromatic nitrogens is 2. The topological polar surface area (TPSA) is 47.0 Å². The number of rotatable bonds is 4.